The summed E-state index contributed by atoms with van der Waals surface area (Å²) in [5.74, 6) is 0.652. The molecule has 28 heavy (non-hydrogen) atoms. The summed E-state index contributed by atoms with van der Waals surface area (Å²) in [6, 6.07) is 11.2. The normalized spacial score (nSPS) is 13.4. The zero-order chi connectivity index (χ0) is 19.5. The van der Waals surface area contributed by atoms with Crippen LogP contribution in [-0.4, -0.2) is 14.5 Å². The Bertz CT molecular complexity index is 1050. The van der Waals surface area contributed by atoms with E-state index in [0.717, 1.165) is 47.7 Å². The predicted molar refractivity (Wildman–Crippen MR) is 115 cm³/mol. The first-order chi connectivity index (χ1) is 13.6. The van der Waals surface area contributed by atoms with Crippen LogP contribution in [0, 0.1) is 0 Å². The molecule has 3 aromatic rings. The van der Waals surface area contributed by atoms with Crippen molar-refractivity contribution in [1.82, 2.24) is 14.5 Å². The monoisotopic (exact) mass is 431 g/mol. The van der Waals surface area contributed by atoms with Gasteiger partial charge < -0.3 is 0 Å². The Hall–Kier alpha value is -1.82. The summed E-state index contributed by atoms with van der Waals surface area (Å²) < 4.78 is 1.79. The van der Waals surface area contributed by atoms with Crippen LogP contribution in [-0.2, 0) is 25.1 Å². The van der Waals surface area contributed by atoms with Crippen molar-refractivity contribution in [1.29, 1.82) is 0 Å². The number of aromatic nitrogens is 3. The van der Waals surface area contributed by atoms with Crippen LogP contribution in [0.25, 0.3) is 0 Å². The first-order valence-corrected chi connectivity index (χ1v) is 10.9. The van der Waals surface area contributed by atoms with Gasteiger partial charge in [-0.1, -0.05) is 35.3 Å². The molecule has 7 heteroatoms. The lowest BCUT2D eigenvalue weighted by Crippen LogP contribution is -2.30. The second kappa shape index (κ2) is 8.68. The van der Waals surface area contributed by atoms with Crippen molar-refractivity contribution in [2.24, 2.45) is 0 Å². The Kier molecular flexibility index (Phi) is 6.04. The van der Waals surface area contributed by atoms with Gasteiger partial charge in [-0.15, -0.1) is 11.8 Å². The van der Waals surface area contributed by atoms with E-state index in [1.54, 1.807) is 28.6 Å². The highest BCUT2D eigenvalue weighted by molar-refractivity contribution is 7.98. The van der Waals surface area contributed by atoms with Crippen LogP contribution in [0.5, 0.6) is 0 Å². The minimum Gasteiger partial charge on any atom is -0.290 e. The lowest BCUT2D eigenvalue weighted by Gasteiger charge is -2.22. The van der Waals surface area contributed by atoms with E-state index in [1.165, 1.54) is 5.56 Å². The third-order valence-electron chi connectivity index (χ3n) is 4.88. The van der Waals surface area contributed by atoms with E-state index < -0.39 is 0 Å². The minimum atomic E-state index is -0.212. The third kappa shape index (κ3) is 4.27. The molecule has 0 bridgehead atoms. The van der Waals surface area contributed by atoms with Gasteiger partial charge in [-0.25, -0.2) is 4.79 Å². The predicted octanol–water partition coefficient (Wildman–Crippen LogP) is 5.16. The van der Waals surface area contributed by atoms with E-state index in [1.807, 2.05) is 30.3 Å². The van der Waals surface area contributed by atoms with Gasteiger partial charge in [0.15, 0.2) is 0 Å². The standard InChI is InChI=1S/C21H19Cl2N3OS/c22-15-9-8-14(18(23)11-15)13-28-20-17-6-1-2-7-19(17)26(21(27)25-20)12-16-5-3-4-10-24-16/h3-5,8-11H,1-2,6-7,12-13H2. The third-order valence-corrected chi connectivity index (χ3v) is 6.53. The fraction of sp³-hybridized carbons (Fsp3) is 0.286. The smallest absolute Gasteiger partial charge is 0.290 e. The zero-order valence-corrected chi connectivity index (χ0v) is 17.5. The number of pyridine rings is 1. The van der Waals surface area contributed by atoms with Gasteiger partial charge in [0.25, 0.3) is 0 Å². The Balaban J connectivity index is 1.65. The highest BCUT2D eigenvalue weighted by atomic mass is 35.5. The van der Waals surface area contributed by atoms with Crippen molar-refractivity contribution < 1.29 is 0 Å². The fourth-order valence-electron chi connectivity index (χ4n) is 3.47. The van der Waals surface area contributed by atoms with Gasteiger partial charge in [0.2, 0.25) is 0 Å². The molecule has 0 atom stereocenters. The van der Waals surface area contributed by atoms with E-state index in [2.05, 4.69) is 9.97 Å². The molecule has 144 valence electrons. The van der Waals surface area contributed by atoms with Gasteiger partial charge in [-0.2, -0.15) is 4.98 Å². The maximum Gasteiger partial charge on any atom is 0.349 e. The average Bonchev–Trinajstić information content (AvgIpc) is 2.70. The molecule has 1 aliphatic rings. The van der Waals surface area contributed by atoms with Crippen molar-refractivity contribution >= 4 is 35.0 Å². The summed E-state index contributed by atoms with van der Waals surface area (Å²) in [4.78, 5) is 21.6. The molecule has 0 saturated heterocycles. The molecule has 4 rings (SSSR count). The summed E-state index contributed by atoms with van der Waals surface area (Å²) in [5.41, 5.74) is 3.93. The van der Waals surface area contributed by atoms with Crippen molar-refractivity contribution in [3.05, 3.63) is 85.6 Å². The van der Waals surface area contributed by atoms with Gasteiger partial charge in [-0.05, 0) is 55.5 Å². The number of thioether (sulfide) groups is 1. The number of hydrogen-bond donors (Lipinski definition) is 0. The fourth-order valence-corrected chi connectivity index (χ4v) is 5.10. The highest BCUT2D eigenvalue weighted by Gasteiger charge is 2.21. The molecule has 0 aliphatic heterocycles. The van der Waals surface area contributed by atoms with Crippen LogP contribution in [0.3, 0.4) is 0 Å². The van der Waals surface area contributed by atoms with Crippen LogP contribution in [0.15, 0.2) is 52.4 Å². The number of halogens is 2. The van der Waals surface area contributed by atoms with Gasteiger partial charge in [0.1, 0.15) is 5.03 Å². The molecular formula is C21H19Cl2N3OS. The van der Waals surface area contributed by atoms with Crippen molar-refractivity contribution in [3.8, 4) is 0 Å². The second-order valence-electron chi connectivity index (χ2n) is 6.76. The first kappa shape index (κ1) is 19.5. The van der Waals surface area contributed by atoms with Crippen molar-refractivity contribution in [2.45, 2.75) is 43.0 Å². The molecule has 0 spiro atoms. The molecule has 4 nitrogen and oxygen atoms in total. The SMILES string of the molecule is O=c1nc(SCc2ccc(Cl)cc2Cl)c2c(n1Cc1ccccn1)CCCC2. The number of benzene rings is 1. The lowest BCUT2D eigenvalue weighted by molar-refractivity contribution is 0.565. The van der Waals surface area contributed by atoms with Crippen LogP contribution < -0.4 is 5.69 Å². The first-order valence-electron chi connectivity index (χ1n) is 9.21. The molecular weight excluding hydrogens is 413 g/mol. The largest absolute Gasteiger partial charge is 0.349 e. The maximum absolute atomic E-state index is 12.8. The number of rotatable bonds is 5. The lowest BCUT2D eigenvalue weighted by atomic mass is 9.97. The summed E-state index contributed by atoms with van der Waals surface area (Å²) in [7, 11) is 0. The maximum atomic E-state index is 12.8. The van der Waals surface area contributed by atoms with E-state index in [4.69, 9.17) is 23.2 Å². The molecule has 0 N–H and O–H groups in total. The van der Waals surface area contributed by atoms with Crippen LogP contribution in [0.4, 0.5) is 0 Å². The molecule has 0 fully saturated rings. The molecule has 0 radical (unpaired) electrons. The van der Waals surface area contributed by atoms with Crippen molar-refractivity contribution in [2.75, 3.05) is 0 Å². The molecule has 0 unspecified atom stereocenters. The van der Waals surface area contributed by atoms with Gasteiger partial charge >= 0.3 is 5.69 Å². The topological polar surface area (TPSA) is 47.8 Å². The van der Waals surface area contributed by atoms with E-state index in [-0.39, 0.29) is 5.69 Å². The number of fused-ring (bicyclic) bond motifs is 1. The molecule has 1 aromatic carbocycles. The Morgan fingerprint density at radius 1 is 1.11 bits per heavy atom. The van der Waals surface area contributed by atoms with Crippen LogP contribution in [0.2, 0.25) is 10.0 Å². The number of nitrogens with zero attached hydrogens (tertiary/aromatic N) is 3. The van der Waals surface area contributed by atoms with E-state index >= 15 is 0 Å². The van der Waals surface area contributed by atoms with Crippen LogP contribution >= 0.6 is 35.0 Å². The van der Waals surface area contributed by atoms with E-state index in [9.17, 15) is 4.79 Å². The quantitative estimate of drug-likeness (QED) is 0.413. The summed E-state index contributed by atoms with van der Waals surface area (Å²) in [6.07, 6.45) is 5.80. The van der Waals surface area contributed by atoms with E-state index in [0.29, 0.717) is 22.3 Å². The zero-order valence-electron chi connectivity index (χ0n) is 15.2. The summed E-state index contributed by atoms with van der Waals surface area (Å²) in [5, 5.41) is 2.08. The highest BCUT2D eigenvalue weighted by Crippen LogP contribution is 2.32. The summed E-state index contributed by atoms with van der Waals surface area (Å²) in [6.45, 7) is 0.461. The molecule has 0 saturated carbocycles. The van der Waals surface area contributed by atoms with Gasteiger partial charge in [0, 0.05) is 33.3 Å². The van der Waals surface area contributed by atoms with Crippen molar-refractivity contribution in [3.63, 3.8) is 0 Å². The Labute approximate surface area is 177 Å². The average molecular weight is 432 g/mol. The minimum absolute atomic E-state index is 0.212. The Morgan fingerprint density at radius 2 is 1.96 bits per heavy atom. The number of hydrogen-bond acceptors (Lipinski definition) is 4. The van der Waals surface area contributed by atoms with Gasteiger partial charge in [0.05, 0.1) is 12.2 Å². The molecule has 1 aliphatic carbocycles. The molecule has 0 amide bonds. The van der Waals surface area contributed by atoms with Crippen LogP contribution in [0.1, 0.15) is 35.4 Å². The second-order valence-corrected chi connectivity index (χ2v) is 8.57. The molecule has 2 heterocycles. The Morgan fingerprint density at radius 3 is 2.75 bits per heavy atom. The van der Waals surface area contributed by atoms with Gasteiger partial charge in [-0.3, -0.25) is 9.55 Å². The molecule has 2 aromatic heterocycles. The summed E-state index contributed by atoms with van der Waals surface area (Å²) >= 11 is 13.8.